The first-order valence-electron chi connectivity index (χ1n) is 12.0. The second kappa shape index (κ2) is 10.4. The summed E-state index contributed by atoms with van der Waals surface area (Å²) in [5, 5.41) is 39.8. The number of carboxylic acid groups (broad SMARTS) is 1. The second-order valence-electron chi connectivity index (χ2n) is 9.80. The highest BCUT2D eigenvalue weighted by molar-refractivity contribution is 8.00. The quantitative estimate of drug-likeness (QED) is 0.103. The van der Waals surface area contributed by atoms with Crippen LogP contribution in [0.4, 0.5) is 5.13 Å². The smallest absolute Gasteiger partial charge is 0.266 e. The summed E-state index contributed by atoms with van der Waals surface area (Å²) in [5.41, 5.74) is 8.09. The van der Waals surface area contributed by atoms with Crippen LogP contribution in [-0.4, -0.2) is 85.9 Å². The molecule has 3 atom stereocenters. The van der Waals surface area contributed by atoms with E-state index in [1.807, 2.05) is 7.05 Å². The molecule has 1 saturated heterocycles. The number of rotatable bonds is 8. The van der Waals surface area contributed by atoms with Crippen molar-refractivity contribution in [3.05, 3.63) is 45.6 Å². The molecular formula is C24H26N6O7S2. The number of aliphatic carboxylic acids is 1. The van der Waals surface area contributed by atoms with Gasteiger partial charge in [-0.25, -0.2) is 4.98 Å². The number of anilines is 1. The van der Waals surface area contributed by atoms with Gasteiger partial charge < -0.3 is 40.5 Å². The third-order valence-corrected chi connectivity index (χ3v) is 9.01. The first-order chi connectivity index (χ1) is 18.6. The molecule has 0 bridgehead atoms. The topological polar surface area (TPSA) is 190 Å². The fourth-order valence-corrected chi connectivity index (χ4v) is 7.00. The maximum Gasteiger partial charge on any atom is 0.266 e. The van der Waals surface area contributed by atoms with Gasteiger partial charge in [-0.3, -0.25) is 14.5 Å². The predicted molar refractivity (Wildman–Crippen MR) is 140 cm³/mol. The van der Waals surface area contributed by atoms with E-state index in [2.05, 4.69) is 15.5 Å². The number of oxime groups is 1. The Morgan fingerprint density at radius 1 is 1.41 bits per heavy atom. The number of aromatic nitrogens is 1. The molecule has 206 valence electrons. The Morgan fingerprint density at radius 2 is 2.21 bits per heavy atom. The van der Waals surface area contributed by atoms with Crippen molar-refractivity contribution in [1.82, 2.24) is 15.2 Å². The molecule has 13 nitrogen and oxygen atoms in total. The molecule has 2 amide bonds. The van der Waals surface area contributed by atoms with E-state index in [0.29, 0.717) is 58.3 Å². The Labute approximate surface area is 231 Å². The fourth-order valence-electron chi connectivity index (χ4n) is 5.12. The van der Waals surface area contributed by atoms with Gasteiger partial charge in [-0.1, -0.05) is 5.16 Å². The average Bonchev–Trinajstić information content (AvgIpc) is 3.31. The Morgan fingerprint density at radius 3 is 2.92 bits per heavy atom. The zero-order chi connectivity index (χ0) is 27.9. The monoisotopic (exact) mass is 574 g/mol. The Balaban J connectivity index is 1.23. The van der Waals surface area contributed by atoms with Gasteiger partial charge in [0.25, 0.3) is 11.8 Å². The summed E-state index contributed by atoms with van der Waals surface area (Å²) in [6.45, 7) is 1.51. The van der Waals surface area contributed by atoms with Crippen molar-refractivity contribution in [1.29, 1.82) is 0 Å². The van der Waals surface area contributed by atoms with E-state index in [0.717, 1.165) is 11.8 Å². The molecular weight excluding hydrogens is 548 g/mol. The number of thiazole rings is 1. The lowest BCUT2D eigenvalue weighted by Gasteiger charge is -2.51. The number of benzene rings is 1. The van der Waals surface area contributed by atoms with Crippen LogP contribution in [0.2, 0.25) is 0 Å². The molecule has 1 fully saturated rings. The molecule has 0 saturated carbocycles. The van der Waals surface area contributed by atoms with E-state index in [1.54, 1.807) is 11.4 Å². The van der Waals surface area contributed by atoms with Crippen LogP contribution >= 0.6 is 23.1 Å². The number of aromatic hydroxyl groups is 2. The minimum absolute atomic E-state index is 0.0291. The highest BCUT2D eigenvalue weighted by Gasteiger charge is 2.53. The second-order valence-corrected chi connectivity index (χ2v) is 11.8. The number of phenols is 2. The number of nitrogens with zero attached hydrogens (tertiary/aromatic N) is 4. The van der Waals surface area contributed by atoms with E-state index in [4.69, 9.17) is 10.6 Å². The van der Waals surface area contributed by atoms with E-state index < -0.39 is 29.2 Å². The number of carbonyl (C=O) groups is 3. The normalized spacial score (nSPS) is 24.2. The summed E-state index contributed by atoms with van der Waals surface area (Å²) in [6.07, 6.45) is 1.41. The number of carbonyl (C=O) groups excluding carboxylic acids is 3. The van der Waals surface area contributed by atoms with Crippen LogP contribution in [0.15, 0.2) is 33.9 Å². The summed E-state index contributed by atoms with van der Waals surface area (Å²) in [7, 11) is 1.98. The molecule has 3 aliphatic rings. The Kier molecular flexibility index (Phi) is 7.13. The van der Waals surface area contributed by atoms with E-state index in [9.17, 15) is 29.7 Å². The number of likely N-dealkylation sites (N-methyl/N-ethyl adjacent to an activating group) is 1. The molecule has 5 N–H and O–H groups in total. The largest absolute Gasteiger partial charge is 0.543 e. The van der Waals surface area contributed by atoms with Gasteiger partial charge >= 0.3 is 0 Å². The highest BCUT2D eigenvalue weighted by atomic mass is 32.2. The van der Waals surface area contributed by atoms with Gasteiger partial charge in [0.15, 0.2) is 23.2 Å². The van der Waals surface area contributed by atoms with E-state index >= 15 is 0 Å². The maximum atomic E-state index is 12.9. The van der Waals surface area contributed by atoms with Gasteiger partial charge in [-0.15, -0.1) is 23.1 Å². The van der Waals surface area contributed by atoms with Crippen LogP contribution in [-0.2, 0) is 38.8 Å². The number of amides is 2. The number of hydrogen-bond donors (Lipinski definition) is 4. The number of quaternary nitrogens is 1. The molecule has 2 aromatic rings. The van der Waals surface area contributed by atoms with E-state index in [-0.39, 0.29) is 23.8 Å². The predicted octanol–water partition coefficient (Wildman–Crippen LogP) is -0.754. The zero-order valence-electron chi connectivity index (χ0n) is 20.8. The number of nitrogens with two attached hydrogens (primary N) is 1. The summed E-state index contributed by atoms with van der Waals surface area (Å²) >= 11 is 2.62. The van der Waals surface area contributed by atoms with Crippen molar-refractivity contribution in [2.24, 2.45) is 5.16 Å². The Hall–Kier alpha value is -3.82. The third-order valence-electron chi connectivity index (χ3n) is 6.95. The van der Waals surface area contributed by atoms with Gasteiger partial charge in [0.05, 0.1) is 31.0 Å². The zero-order valence-corrected chi connectivity index (χ0v) is 22.5. The molecule has 3 aliphatic heterocycles. The number of β-lactam (4-membered cyclic amide) rings is 1. The lowest BCUT2D eigenvalue weighted by molar-refractivity contribution is -0.920. The van der Waals surface area contributed by atoms with Gasteiger partial charge in [0.1, 0.15) is 30.7 Å². The van der Waals surface area contributed by atoms with Crippen molar-refractivity contribution >= 4 is 52.2 Å². The lowest BCUT2D eigenvalue weighted by Crippen LogP contribution is -2.71. The number of phenolic OH excluding ortho intramolecular Hbond substituents is 2. The van der Waals surface area contributed by atoms with Crippen molar-refractivity contribution in [2.75, 3.05) is 31.6 Å². The van der Waals surface area contributed by atoms with Gasteiger partial charge in [0.2, 0.25) is 0 Å². The molecule has 15 heteroatoms. The molecule has 5 rings (SSSR count). The molecule has 0 radical (unpaired) electrons. The number of hydrogen-bond acceptors (Lipinski definition) is 12. The van der Waals surface area contributed by atoms with Gasteiger partial charge in [0, 0.05) is 34.3 Å². The van der Waals surface area contributed by atoms with Crippen LogP contribution in [0.1, 0.15) is 16.8 Å². The molecule has 1 aromatic carbocycles. The van der Waals surface area contributed by atoms with Crippen LogP contribution in [0.3, 0.4) is 0 Å². The third kappa shape index (κ3) is 5.24. The molecule has 4 heterocycles. The summed E-state index contributed by atoms with van der Waals surface area (Å²) in [6, 6.07) is 2.29. The standard InChI is InChI=1S/C24H26N6O7S2/c1-30(5-4-15-12(7-30)2-3-16(31)20(15)33)8-13-10-38-22-18(21(34)29(22)19(13)23(35)36)28-17(32)6-26-37-9-14-11-39-24(25)27-14/h2-3,6,11,18,22H,4-5,7-10H2,1H3,(H5-,25,26,27,28,31,32,33,35,36)/t18?,22-,30?/m1/s1. The fraction of sp³-hybridized carbons (Fsp3) is 0.375. The van der Waals surface area contributed by atoms with Crippen molar-refractivity contribution in [3.8, 4) is 11.5 Å². The SMILES string of the molecule is C[N+]1(CC2=C(C(=O)[O-])N3C(=O)C(NC(=O)/C=N\OCc4csc(N)n4)[C@H]3SC2)CCc2c(ccc(O)c2O)C1. The van der Waals surface area contributed by atoms with E-state index in [1.165, 1.54) is 34.1 Å². The first-order valence-corrected chi connectivity index (χ1v) is 13.9. The number of thioether (sulfide) groups is 1. The molecule has 2 unspecified atom stereocenters. The molecule has 0 aliphatic carbocycles. The number of carboxylic acids is 1. The Bertz CT molecular complexity index is 1410. The minimum atomic E-state index is -1.45. The molecule has 0 spiro atoms. The molecule has 39 heavy (non-hydrogen) atoms. The first kappa shape index (κ1) is 26.8. The number of nitrogen functional groups attached to an aromatic ring is 1. The highest BCUT2D eigenvalue weighted by Crippen LogP contribution is 2.42. The van der Waals surface area contributed by atoms with Crippen LogP contribution in [0.25, 0.3) is 0 Å². The van der Waals surface area contributed by atoms with Crippen LogP contribution < -0.4 is 16.2 Å². The summed E-state index contributed by atoms with van der Waals surface area (Å²) in [5.74, 6) is -2.59. The van der Waals surface area contributed by atoms with Crippen molar-refractivity contribution in [2.45, 2.75) is 31.0 Å². The maximum absolute atomic E-state index is 12.9. The lowest BCUT2D eigenvalue weighted by atomic mass is 9.95. The number of fused-ring (bicyclic) bond motifs is 2. The van der Waals surface area contributed by atoms with Crippen molar-refractivity contribution in [3.63, 3.8) is 0 Å². The number of nitrogens with one attached hydrogen (secondary N) is 1. The van der Waals surface area contributed by atoms with Gasteiger partial charge in [-0.05, 0) is 12.1 Å². The van der Waals surface area contributed by atoms with Gasteiger partial charge in [-0.2, -0.15) is 0 Å². The van der Waals surface area contributed by atoms with Crippen LogP contribution in [0.5, 0.6) is 11.5 Å². The minimum Gasteiger partial charge on any atom is -0.543 e. The van der Waals surface area contributed by atoms with Crippen LogP contribution in [0, 0.1) is 0 Å². The average molecular weight is 575 g/mol. The molecule has 1 aromatic heterocycles. The van der Waals surface area contributed by atoms with Crippen molar-refractivity contribution < 1.29 is 39.0 Å². The summed E-state index contributed by atoms with van der Waals surface area (Å²) in [4.78, 5) is 47.6. The summed E-state index contributed by atoms with van der Waals surface area (Å²) < 4.78 is 0.459.